The molecule has 0 bridgehead atoms. The van der Waals surface area contributed by atoms with Gasteiger partial charge in [0, 0.05) is 27.9 Å². The van der Waals surface area contributed by atoms with Crippen LogP contribution >= 0.6 is 15.9 Å². The maximum atomic E-state index is 12.2. The van der Waals surface area contributed by atoms with Crippen LogP contribution in [0.15, 0.2) is 76.2 Å². The third-order valence-electron chi connectivity index (χ3n) is 3.83. The van der Waals surface area contributed by atoms with Gasteiger partial charge in [-0.3, -0.25) is 19.9 Å². The average molecular weight is 440 g/mol. The molecule has 2 N–H and O–H groups in total. The van der Waals surface area contributed by atoms with Gasteiger partial charge >= 0.3 is 5.69 Å². The summed E-state index contributed by atoms with van der Waals surface area (Å²) in [6, 6.07) is 18.1. The van der Waals surface area contributed by atoms with Gasteiger partial charge < -0.3 is 10.4 Å². The molecular formula is C20H14BrN3O4. The molecule has 3 rings (SSSR count). The highest BCUT2D eigenvalue weighted by molar-refractivity contribution is 9.10. The van der Waals surface area contributed by atoms with Crippen LogP contribution in [0.5, 0.6) is 5.75 Å². The number of nitrogens with zero attached hydrogens (tertiary/aromatic N) is 2. The van der Waals surface area contributed by atoms with Gasteiger partial charge in [-0.1, -0.05) is 24.3 Å². The summed E-state index contributed by atoms with van der Waals surface area (Å²) in [5, 5.41) is 23.6. The predicted molar refractivity (Wildman–Crippen MR) is 111 cm³/mol. The second-order valence-corrected chi connectivity index (χ2v) is 6.57. The molecule has 0 radical (unpaired) electrons. The minimum absolute atomic E-state index is 0.228. The van der Waals surface area contributed by atoms with E-state index in [-0.39, 0.29) is 17.2 Å². The fourth-order valence-electron chi connectivity index (χ4n) is 2.41. The Morgan fingerprint density at radius 2 is 1.86 bits per heavy atom. The molecule has 0 fully saturated rings. The van der Waals surface area contributed by atoms with E-state index >= 15 is 0 Å². The third-order valence-corrected chi connectivity index (χ3v) is 4.49. The molecule has 3 aromatic rings. The Labute approximate surface area is 168 Å². The van der Waals surface area contributed by atoms with E-state index in [2.05, 4.69) is 26.2 Å². The summed E-state index contributed by atoms with van der Waals surface area (Å²) in [7, 11) is 0. The van der Waals surface area contributed by atoms with E-state index in [0.29, 0.717) is 21.4 Å². The number of hydrogen-bond acceptors (Lipinski definition) is 5. The predicted octanol–water partition coefficient (Wildman–Crippen LogP) is 5.07. The van der Waals surface area contributed by atoms with Gasteiger partial charge in [-0.05, 0) is 52.3 Å². The van der Waals surface area contributed by atoms with E-state index in [9.17, 15) is 20.0 Å². The zero-order chi connectivity index (χ0) is 20.1. The molecule has 1 amide bonds. The lowest BCUT2D eigenvalue weighted by atomic mass is 10.2. The van der Waals surface area contributed by atoms with Gasteiger partial charge in [0.05, 0.1) is 16.3 Å². The first-order chi connectivity index (χ1) is 13.5. The summed E-state index contributed by atoms with van der Waals surface area (Å²) >= 11 is 3.39. The number of nitrogens with one attached hydrogen (secondary N) is 1. The highest BCUT2D eigenvalue weighted by Gasteiger charge is 2.15. The quantitative estimate of drug-likeness (QED) is 0.329. The average Bonchev–Trinajstić information content (AvgIpc) is 2.69. The SMILES string of the molecule is O=C(Nc1ccc(N=Cc2cccc([N+](=O)[O-])c2O)cc1Br)c1ccccc1. The maximum Gasteiger partial charge on any atom is 0.311 e. The number of nitro benzene ring substituents is 1. The summed E-state index contributed by atoms with van der Waals surface area (Å²) in [6.07, 6.45) is 1.34. The van der Waals surface area contributed by atoms with Crippen molar-refractivity contribution in [1.82, 2.24) is 0 Å². The first-order valence-electron chi connectivity index (χ1n) is 8.12. The van der Waals surface area contributed by atoms with E-state index in [1.54, 1.807) is 42.5 Å². The highest BCUT2D eigenvalue weighted by Crippen LogP contribution is 2.30. The number of anilines is 1. The summed E-state index contributed by atoms with van der Waals surface area (Å²) in [4.78, 5) is 26.7. The summed E-state index contributed by atoms with van der Waals surface area (Å²) in [5.74, 6) is -0.680. The molecule has 0 saturated carbocycles. The minimum Gasteiger partial charge on any atom is -0.502 e. The van der Waals surface area contributed by atoms with E-state index in [0.717, 1.165) is 0 Å². The fourth-order valence-corrected chi connectivity index (χ4v) is 2.88. The molecule has 0 atom stereocenters. The summed E-state index contributed by atoms with van der Waals surface area (Å²) in [6.45, 7) is 0. The van der Waals surface area contributed by atoms with Crippen LogP contribution in [0.4, 0.5) is 17.1 Å². The number of amides is 1. The lowest BCUT2D eigenvalue weighted by Crippen LogP contribution is -2.11. The topological polar surface area (TPSA) is 105 Å². The number of halogens is 1. The Morgan fingerprint density at radius 3 is 2.54 bits per heavy atom. The first-order valence-corrected chi connectivity index (χ1v) is 8.91. The van der Waals surface area contributed by atoms with Gasteiger partial charge in [-0.2, -0.15) is 0 Å². The molecule has 7 nitrogen and oxygen atoms in total. The fraction of sp³-hybridized carbons (Fsp3) is 0. The number of phenolic OH excluding ortho intramolecular Hbond substituents is 1. The van der Waals surface area contributed by atoms with Crippen molar-refractivity contribution < 1.29 is 14.8 Å². The molecule has 0 aliphatic heterocycles. The Morgan fingerprint density at radius 1 is 1.11 bits per heavy atom. The Balaban J connectivity index is 1.78. The first kappa shape index (κ1) is 19.2. The maximum absolute atomic E-state index is 12.2. The Kier molecular flexibility index (Phi) is 5.81. The van der Waals surface area contributed by atoms with Gasteiger partial charge in [0.1, 0.15) is 0 Å². The normalized spacial score (nSPS) is 10.8. The van der Waals surface area contributed by atoms with Crippen LogP contribution in [-0.4, -0.2) is 22.2 Å². The molecule has 0 aliphatic carbocycles. The smallest absolute Gasteiger partial charge is 0.311 e. The van der Waals surface area contributed by atoms with Crippen LogP contribution in [0, 0.1) is 10.1 Å². The number of phenols is 1. The second kappa shape index (κ2) is 8.45. The zero-order valence-corrected chi connectivity index (χ0v) is 16.0. The van der Waals surface area contributed by atoms with Crippen molar-refractivity contribution in [2.45, 2.75) is 0 Å². The Hall–Kier alpha value is -3.52. The Bertz CT molecular complexity index is 1070. The highest BCUT2D eigenvalue weighted by atomic mass is 79.9. The monoisotopic (exact) mass is 439 g/mol. The molecule has 0 aromatic heterocycles. The van der Waals surface area contributed by atoms with Crippen molar-refractivity contribution in [3.05, 3.63) is 92.4 Å². The van der Waals surface area contributed by atoms with Crippen molar-refractivity contribution in [2.24, 2.45) is 4.99 Å². The van der Waals surface area contributed by atoms with Crippen LogP contribution < -0.4 is 5.32 Å². The van der Waals surface area contributed by atoms with Gasteiger partial charge in [0.25, 0.3) is 5.91 Å². The van der Waals surface area contributed by atoms with E-state index in [1.807, 2.05) is 6.07 Å². The van der Waals surface area contributed by atoms with Crippen molar-refractivity contribution in [3.63, 3.8) is 0 Å². The number of hydrogen-bond donors (Lipinski definition) is 2. The molecular weight excluding hydrogens is 426 g/mol. The van der Waals surface area contributed by atoms with Crippen LogP contribution in [0.2, 0.25) is 0 Å². The number of carbonyl (C=O) groups excluding carboxylic acids is 1. The summed E-state index contributed by atoms with van der Waals surface area (Å²) < 4.78 is 0.620. The molecule has 140 valence electrons. The molecule has 8 heteroatoms. The standard InChI is InChI=1S/C20H14BrN3O4/c21-16-11-15(22-12-14-7-4-8-18(19(14)25)24(27)28)9-10-17(16)23-20(26)13-5-2-1-3-6-13/h1-12,25H,(H,23,26). The van der Waals surface area contributed by atoms with Gasteiger partial charge in [-0.25, -0.2) is 0 Å². The van der Waals surface area contributed by atoms with Gasteiger partial charge in [0.15, 0.2) is 0 Å². The lowest BCUT2D eigenvalue weighted by Gasteiger charge is -2.08. The number of aliphatic imine (C=N–C) groups is 1. The number of aromatic hydroxyl groups is 1. The molecule has 0 aliphatic rings. The molecule has 28 heavy (non-hydrogen) atoms. The van der Waals surface area contributed by atoms with Crippen LogP contribution in [0.1, 0.15) is 15.9 Å². The largest absolute Gasteiger partial charge is 0.502 e. The van der Waals surface area contributed by atoms with Crippen molar-refractivity contribution in [1.29, 1.82) is 0 Å². The molecule has 3 aromatic carbocycles. The van der Waals surface area contributed by atoms with E-state index in [4.69, 9.17) is 0 Å². The second-order valence-electron chi connectivity index (χ2n) is 5.71. The van der Waals surface area contributed by atoms with Crippen LogP contribution in [-0.2, 0) is 0 Å². The van der Waals surface area contributed by atoms with Crippen molar-refractivity contribution >= 4 is 45.1 Å². The minimum atomic E-state index is -0.659. The summed E-state index contributed by atoms with van der Waals surface area (Å²) in [5.41, 5.74) is 1.50. The van der Waals surface area contributed by atoms with Crippen LogP contribution in [0.3, 0.4) is 0 Å². The van der Waals surface area contributed by atoms with E-state index < -0.39 is 10.7 Å². The third kappa shape index (κ3) is 4.41. The lowest BCUT2D eigenvalue weighted by molar-refractivity contribution is -0.385. The molecule has 0 spiro atoms. The van der Waals surface area contributed by atoms with Gasteiger partial charge in [0.2, 0.25) is 5.75 Å². The van der Waals surface area contributed by atoms with Crippen molar-refractivity contribution in [3.8, 4) is 5.75 Å². The zero-order valence-electron chi connectivity index (χ0n) is 14.4. The number of rotatable bonds is 5. The number of nitro groups is 1. The van der Waals surface area contributed by atoms with E-state index in [1.165, 1.54) is 24.4 Å². The molecule has 0 heterocycles. The van der Waals surface area contributed by atoms with Crippen LogP contribution in [0.25, 0.3) is 0 Å². The number of para-hydroxylation sites is 1. The molecule has 0 saturated heterocycles. The number of carbonyl (C=O) groups is 1. The van der Waals surface area contributed by atoms with Crippen molar-refractivity contribution in [2.75, 3.05) is 5.32 Å². The number of benzene rings is 3. The molecule has 0 unspecified atom stereocenters. The van der Waals surface area contributed by atoms with Gasteiger partial charge in [-0.15, -0.1) is 0 Å².